The predicted octanol–water partition coefficient (Wildman–Crippen LogP) is 3.03. The number of benzene rings is 1. The van der Waals surface area contributed by atoms with Gasteiger partial charge < -0.3 is 24.1 Å². The van der Waals surface area contributed by atoms with E-state index in [0.717, 1.165) is 5.56 Å². The Morgan fingerprint density at radius 3 is 2.46 bits per heavy atom. The van der Waals surface area contributed by atoms with Crippen molar-refractivity contribution in [3.63, 3.8) is 0 Å². The van der Waals surface area contributed by atoms with Crippen LogP contribution >= 0.6 is 0 Å². The van der Waals surface area contributed by atoms with Crippen molar-refractivity contribution in [1.29, 1.82) is 0 Å². The molecule has 1 saturated heterocycles. The molecule has 3 rings (SSSR count). The van der Waals surface area contributed by atoms with Crippen molar-refractivity contribution >= 4 is 11.8 Å². The van der Waals surface area contributed by atoms with Crippen molar-refractivity contribution in [1.82, 2.24) is 10.2 Å². The number of ether oxygens (including phenoxy) is 2. The van der Waals surface area contributed by atoms with Gasteiger partial charge >= 0.3 is 0 Å². The SMILES string of the molecule is COc1ccc(C(C)NC(=O)C2CCN(C(=O)c3ccoc3)CC2)cc1OC. The van der Waals surface area contributed by atoms with Crippen LogP contribution in [-0.4, -0.2) is 44.0 Å². The quantitative estimate of drug-likeness (QED) is 0.825. The number of methoxy groups -OCH3 is 2. The van der Waals surface area contributed by atoms with E-state index in [2.05, 4.69) is 5.32 Å². The van der Waals surface area contributed by atoms with Crippen LogP contribution in [0, 0.1) is 5.92 Å². The molecule has 1 atom stereocenters. The lowest BCUT2D eigenvalue weighted by molar-refractivity contribution is -0.127. The van der Waals surface area contributed by atoms with Crippen LogP contribution in [0.2, 0.25) is 0 Å². The molecule has 7 nitrogen and oxygen atoms in total. The van der Waals surface area contributed by atoms with Gasteiger partial charge in [0.05, 0.1) is 32.1 Å². The third-order valence-corrected chi connectivity index (χ3v) is 5.19. The summed E-state index contributed by atoms with van der Waals surface area (Å²) in [7, 11) is 3.18. The molecule has 7 heteroatoms. The molecule has 2 heterocycles. The Balaban J connectivity index is 1.55. The molecule has 0 saturated carbocycles. The Hall–Kier alpha value is -2.96. The molecule has 1 aromatic heterocycles. The molecule has 28 heavy (non-hydrogen) atoms. The number of nitrogens with one attached hydrogen (secondary N) is 1. The third kappa shape index (κ3) is 4.30. The molecular formula is C21H26N2O5. The largest absolute Gasteiger partial charge is 0.493 e. The molecule has 0 aliphatic carbocycles. The predicted molar refractivity (Wildman–Crippen MR) is 103 cm³/mol. The summed E-state index contributed by atoms with van der Waals surface area (Å²) in [5.41, 5.74) is 1.49. The van der Waals surface area contributed by atoms with E-state index in [0.29, 0.717) is 43.0 Å². The van der Waals surface area contributed by atoms with Crippen LogP contribution in [0.15, 0.2) is 41.2 Å². The van der Waals surface area contributed by atoms with Gasteiger partial charge in [-0.3, -0.25) is 9.59 Å². The maximum Gasteiger partial charge on any atom is 0.257 e. The number of carbonyl (C=O) groups is 2. The topological polar surface area (TPSA) is 81.0 Å². The molecule has 2 aromatic rings. The second-order valence-electron chi connectivity index (χ2n) is 6.92. The number of hydrogen-bond donors (Lipinski definition) is 1. The summed E-state index contributed by atoms with van der Waals surface area (Å²) in [6.45, 7) is 3.07. The summed E-state index contributed by atoms with van der Waals surface area (Å²) in [4.78, 5) is 26.8. The molecule has 0 bridgehead atoms. The molecule has 0 spiro atoms. The van der Waals surface area contributed by atoms with Crippen molar-refractivity contribution in [2.24, 2.45) is 5.92 Å². The van der Waals surface area contributed by atoms with E-state index >= 15 is 0 Å². The fraction of sp³-hybridized carbons (Fsp3) is 0.429. The zero-order chi connectivity index (χ0) is 20.1. The van der Waals surface area contributed by atoms with Crippen LogP contribution < -0.4 is 14.8 Å². The average molecular weight is 386 g/mol. The van der Waals surface area contributed by atoms with Gasteiger partial charge in [-0.15, -0.1) is 0 Å². The van der Waals surface area contributed by atoms with Crippen LogP contribution in [-0.2, 0) is 4.79 Å². The average Bonchev–Trinajstić information content (AvgIpc) is 3.27. The summed E-state index contributed by atoms with van der Waals surface area (Å²) < 4.78 is 15.6. The second-order valence-corrected chi connectivity index (χ2v) is 6.92. The van der Waals surface area contributed by atoms with Crippen LogP contribution in [0.5, 0.6) is 11.5 Å². The van der Waals surface area contributed by atoms with Gasteiger partial charge in [0.25, 0.3) is 5.91 Å². The molecule has 1 aliphatic rings. The number of nitrogens with zero attached hydrogens (tertiary/aromatic N) is 1. The monoisotopic (exact) mass is 386 g/mol. The van der Waals surface area contributed by atoms with Crippen LogP contribution in [0.1, 0.15) is 41.7 Å². The normalized spacial score (nSPS) is 15.8. The van der Waals surface area contributed by atoms with Gasteiger partial charge in [-0.25, -0.2) is 0 Å². The first-order chi connectivity index (χ1) is 13.5. The highest BCUT2D eigenvalue weighted by atomic mass is 16.5. The molecule has 0 radical (unpaired) electrons. The molecule has 1 unspecified atom stereocenters. The lowest BCUT2D eigenvalue weighted by Crippen LogP contribution is -2.43. The van der Waals surface area contributed by atoms with Crippen molar-refractivity contribution < 1.29 is 23.5 Å². The van der Waals surface area contributed by atoms with E-state index in [9.17, 15) is 9.59 Å². The Labute approximate surface area is 164 Å². The van der Waals surface area contributed by atoms with Crippen molar-refractivity contribution in [3.05, 3.63) is 47.9 Å². The van der Waals surface area contributed by atoms with E-state index in [1.54, 1.807) is 25.2 Å². The number of rotatable bonds is 6. The number of furan rings is 1. The molecule has 2 amide bonds. The number of amides is 2. The fourth-order valence-electron chi connectivity index (χ4n) is 3.45. The van der Waals surface area contributed by atoms with E-state index in [1.165, 1.54) is 12.5 Å². The molecule has 1 aliphatic heterocycles. The summed E-state index contributed by atoms with van der Waals surface area (Å²) >= 11 is 0. The van der Waals surface area contributed by atoms with Crippen molar-refractivity contribution in [2.75, 3.05) is 27.3 Å². The smallest absolute Gasteiger partial charge is 0.257 e. The minimum atomic E-state index is -0.155. The summed E-state index contributed by atoms with van der Waals surface area (Å²) in [5, 5.41) is 3.07. The lowest BCUT2D eigenvalue weighted by Gasteiger charge is -2.31. The highest BCUT2D eigenvalue weighted by molar-refractivity contribution is 5.94. The minimum Gasteiger partial charge on any atom is -0.493 e. The highest BCUT2D eigenvalue weighted by Gasteiger charge is 2.29. The van der Waals surface area contributed by atoms with Crippen LogP contribution in [0.25, 0.3) is 0 Å². The molecule has 1 aromatic carbocycles. The van der Waals surface area contributed by atoms with Crippen LogP contribution in [0.4, 0.5) is 0 Å². The minimum absolute atomic E-state index is 0.0118. The van der Waals surface area contributed by atoms with E-state index in [1.807, 2.05) is 25.1 Å². The third-order valence-electron chi connectivity index (χ3n) is 5.19. The number of carbonyl (C=O) groups excluding carboxylic acids is 2. The Morgan fingerprint density at radius 1 is 1.14 bits per heavy atom. The van der Waals surface area contributed by atoms with Gasteiger partial charge in [-0.1, -0.05) is 6.07 Å². The van der Waals surface area contributed by atoms with Crippen molar-refractivity contribution in [3.8, 4) is 11.5 Å². The second kappa shape index (κ2) is 8.82. The summed E-state index contributed by atoms with van der Waals surface area (Å²) in [6.07, 6.45) is 4.23. The highest BCUT2D eigenvalue weighted by Crippen LogP contribution is 2.30. The van der Waals surface area contributed by atoms with Gasteiger partial charge in [0.2, 0.25) is 5.91 Å². The Bertz CT molecular complexity index is 810. The standard InChI is InChI=1S/C21H26N2O5/c1-14(16-4-5-18(26-2)19(12-16)27-3)22-20(24)15-6-9-23(10-7-15)21(25)17-8-11-28-13-17/h4-5,8,11-15H,6-7,9-10H2,1-3H3,(H,22,24). The number of hydrogen-bond acceptors (Lipinski definition) is 5. The molecule has 150 valence electrons. The zero-order valence-corrected chi connectivity index (χ0v) is 16.4. The molecule has 1 fully saturated rings. The Kier molecular flexibility index (Phi) is 6.23. The first kappa shape index (κ1) is 19.8. The lowest BCUT2D eigenvalue weighted by atomic mass is 9.94. The van der Waals surface area contributed by atoms with Gasteiger partial charge in [0.15, 0.2) is 11.5 Å². The summed E-state index contributed by atoms with van der Waals surface area (Å²) in [5.74, 6) is 1.14. The van der Waals surface area contributed by atoms with E-state index in [4.69, 9.17) is 13.9 Å². The van der Waals surface area contributed by atoms with Crippen LogP contribution in [0.3, 0.4) is 0 Å². The van der Waals surface area contributed by atoms with Crippen molar-refractivity contribution in [2.45, 2.75) is 25.8 Å². The van der Waals surface area contributed by atoms with Gasteiger partial charge in [-0.2, -0.15) is 0 Å². The number of likely N-dealkylation sites (tertiary alicyclic amines) is 1. The Morgan fingerprint density at radius 2 is 1.86 bits per heavy atom. The molecular weight excluding hydrogens is 360 g/mol. The maximum atomic E-state index is 12.7. The van der Waals surface area contributed by atoms with E-state index in [-0.39, 0.29) is 23.8 Å². The molecule has 1 N–H and O–H groups in total. The maximum absolute atomic E-state index is 12.7. The van der Waals surface area contributed by atoms with E-state index < -0.39 is 0 Å². The fourth-order valence-corrected chi connectivity index (χ4v) is 3.45. The number of piperidine rings is 1. The zero-order valence-electron chi connectivity index (χ0n) is 16.4. The van der Waals surface area contributed by atoms with Gasteiger partial charge in [-0.05, 0) is 43.5 Å². The first-order valence-corrected chi connectivity index (χ1v) is 9.37. The first-order valence-electron chi connectivity index (χ1n) is 9.37. The summed E-state index contributed by atoms with van der Waals surface area (Å²) in [6, 6.07) is 7.12. The van der Waals surface area contributed by atoms with Gasteiger partial charge in [0.1, 0.15) is 6.26 Å². The van der Waals surface area contributed by atoms with Gasteiger partial charge in [0, 0.05) is 19.0 Å².